The molecule has 0 radical (unpaired) electrons. The van der Waals surface area contributed by atoms with E-state index in [1.54, 1.807) is 7.05 Å². The normalized spacial score (nSPS) is 16.3. The summed E-state index contributed by atoms with van der Waals surface area (Å²) in [6.07, 6.45) is 3.21. The van der Waals surface area contributed by atoms with Crippen LogP contribution in [-0.2, 0) is 24.7 Å². The van der Waals surface area contributed by atoms with Crippen LogP contribution in [0.1, 0.15) is 35.8 Å². The van der Waals surface area contributed by atoms with Gasteiger partial charge in [0.15, 0.2) is 7.05 Å². The minimum atomic E-state index is -0.445. The van der Waals surface area contributed by atoms with Gasteiger partial charge < -0.3 is 5.32 Å². The van der Waals surface area contributed by atoms with Gasteiger partial charge in [0.25, 0.3) is 0 Å². The molecule has 0 bridgehead atoms. The molecule has 1 aliphatic rings. The van der Waals surface area contributed by atoms with Gasteiger partial charge in [-0.15, -0.1) is 11.3 Å². The smallest absolute Gasteiger partial charge is 0.317 e. The molecule has 0 fully saturated rings. The number of hydrogen-bond acceptors (Lipinski definition) is 6. The number of rotatable bonds is 5. The van der Waals surface area contributed by atoms with Gasteiger partial charge >= 0.3 is 10.7 Å². The fourth-order valence-corrected chi connectivity index (χ4v) is 5.12. The summed E-state index contributed by atoms with van der Waals surface area (Å²) < 4.78 is 6.14. The van der Waals surface area contributed by atoms with Crippen LogP contribution >= 0.6 is 23.1 Å². The maximum absolute atomic E-state index is 12.2. The van der Waals surface area contributed by atoms with Crippen LogP contribution in [0.4, 0.5) is 5.00 Å². The number of thiophene rings is 1. The van der Waals surface area contributed by atoms with E-state index in [9.17, 15) is 14.9 Å². The Morgan fingerprint density at radius 3 is 3.08 bits per heavy atom. The molecule has 3 rings (SSSR count). The highest BCUT2D eigenvalue weighted by Gasteiger charge is 2.25. The number of hydrogen-bond donors (Lipinski definition) is 2. The molecule has 2 N–H and O–H groups in total. The van der Waals surface area contributed by atoms with Gasteiger partial charge in [0.1, 0.15) is 11.1 Å². The number of aromatic amines is 1. The minimum Gasteiger partial charge on any atom is -0.317 e. The quantitative estimate of drug-likeness (QED) is 0.611. The van der Waals surface area contributed by atoms with Crippen LogP contribution in [0, 0.1) is 17.2 Å². The van der Waals surface area contributed by atoms with E-state index in [1.165, 1.54) is 32.7 Å². The fourth-order valence-electron chi connectivity index (χ4n) is 2.87. The molecule has 9 heteroatoms. The maximum Gasteiger partial charge on any atom is 0.441 e. The van der Waals surface area contributed by atoms with E-state index in [0.717, 1.165) is 24.8 Å². The van der Waals surface area contributed by atoms with E-state index in [0.29, 0.717) is 27.3 Å². The Kier molecular flexibility index (Phi) is 5.30. The summed E-state index contributed by atoms with van der Waals surface area (Å²) in [4.78, 5) is 24.9. The van der Waals surface area contributed by atoms with E-state index >= 15 is 0 Å². The van der Waals surface area contributed by atoms with E-state index in [2.05, 4.69) is 28.1 Å². The third kappa shape index (κ3) is 3.80. The number of thioether (sulfide) groups is 1. The number of anilines is 1. The molecule has 1 atom stereocenters. The average Bonchev–Trinajstić information content (AvgIpc) is 3.07. The molecule has 1 unspecified atom stereocenters. The third-order valence-electron chi connectivity index (χ3n) is 4.20. The Hall–Kier alpha value is -2.05. The van der Waals surface area contributed by atoms with Crippen LogP contribution in [0.3, 0.4) is 0 Å². The molecule has 2 heterocycles. The molecule has 2 aromatic rings. The highest BCUT2D eigenvalue weighted by atomic mass is 32.2. The zero-order valence-electron chi connectivity index (χ0n) is 14.0. The minimum absolute atomic E-state index is 0.154. The topological polar surface area (TPSA) is 103 Å². The van der Waals surface area contributed by atoms with Gasteiger partial charge in [-0.1, -0.05) is 11.6 Å². The van der Waals surface area contributed by atoms with Crippen molar-refractivity contribution in [3.8, 4) is 6.07 Å². The predicted molar refractivity (Wildman–Crippen MR) is 94.7 cm³/mol. The van der Waals surface area contributed by atoms with Crippen LogP contribution in [-0.4, -0.2) is 16.9 Å². The summed E-state index contributed by atoms with van der Waals surface area (Å²) in [6.45, 7) is 2.21. The second-order valence-electron chi connectivity index (χ2n) is 6.16. The van der Waals surface area contributed by atoms with Crippen LogP contribution < -0.4 is 15.6 Å². The van der Waals surface area contributed by atoms with E-state index in [-0.39, 0.29) is 12.3 Å². The number of H-pyrrole nitrogens is 1. The Bertz CT molecular complexity index is 890. The molecule has 0 aliphatic heterocycles. The number of amides is 1. The van der Waals surface area contributed by atoms with Gasteiger partial charge in [-0.05, 0) is 47.8 Å². The first kappa shape index (κ1) is 17.8. The van der Waals surface area contributed by atoms with Crippen molar-refractivity contribution in [2.75, 3.05) is 11.1 Å². The first-order valence-electron chi connectivity index (χ1n) is 8.04. The van der Waals surface area contributed by atoms with Crippen molar-refractivity contribution >= 4 is 34.0 Å². The second kappa shape index (κ2) is 7.45. The highest BCUT2D eigenvalue weighted by Crippen LogP contribution is 2.39. The lowest BCUT2D eigenvalue weighted by Gasteiger charge is -2.17. The van der Waals surface area contributed by atoms with Crippen molar-refractivity contribution in [3.63, 3.8) is 0 Å². The number of aromatic nitrogens is 2. The van der Waals surface area contributed by atoms with Crippen LogP contribution in [0.25, 0.3) is 0 Å². The van der Waals surface area contributed by atoms with Crippen molar-refractivity contribution in [1.82, 2.24) is 5.27 Å². The molecule has 0 saturated carbocycles. The molecule has 132 valence electrons. The summed E-state index contributed by atoms with van der Waals surface area (Å²) in [7, 11) is 1.67. The monoisotopic (exact) mass is 379 g/mol. The Morgan fingerprint density at radius 1 is 1.60 bits per heavy atom. The molecule has 1 amide bonds. The van der Waals surface area contributed by atoms with Crippen LogP contribution in [0.15, 0.2) is 14.3 Å². The molecular weight excluding hydrogens is 360 g/mol. The van der Waals surface area contributed by atoms with Crippen molar-refractivity contribution in [3.05, 3.63) is 26.4 Å². The zero-order valence-corrected chi connectivity index (χ0v) is 15.7. The molecule has 2 aromatic heterocycles. The Labute approximate surface area is 153 Å². The van der Waals surface area contributed by atoms with Crippen LogP contribution in [0.2, 0.25) is 0 Å². The average molecular weight is 379 g/mol. The molecule has 0 aromatic carbocycles. The van der Waals surface area contributed by atoms with Crippen molar-refractivity contribution in [1.29, 1.82) is 5.26 Å². The van der Waals surface area contributed by atoms with Gasteiger partial charge in [0.05, 0.1) is 5.56 Å². The van der Waals surface area contributed by atoms with E-state index in [1.807, 2.05) is 0 Å². The molecule has 7 nitrogen and oxygen atoms in total. The van der Waals surface area contributed by atoms with Crippen molar-refractivity contribution < 1.29 is 14.0 Å². The second-order valence-corrected chi connectivity index (χ2v) is 8.35. The SMILES string of the molecule is CC1CCc2c(sc(NC(=O)CCSc3c(=O)o[nH][n+]3C)c2C#N)C1. The van der Waals surface area contributed by atoms with Gasteiger partial charge in [-0.3, -0.25) is 9.32 Å². The first-order valence-corrected chi connectivity index (χ1v) is 9.84. The van der Waals surface area contributed by atoms with Crippen molar-refractivity contribution in [2.24, 2.45) is 13.0 Å². The fraction of sp³-hybridized carbons (Fsp3) is 0.500. The van der Waals surface area contributed by atoms with E-state index in [4.69, 9.17) is 0 Å². The molecule has 0 saturated heterocycles. The van der Waals surface area contributed by atoms with Gasteiger partial charge in [-0.2, -0.15) is 5.26 Å². The summed E-state index contributed by atoms with van der Waals surface area (Å²) in [5.74, 6) is 0.913. The van der Waals surface area contributed by atoms with Gasteiger partial charge in [0, 0.05) is 17.1 Å². The lowest BCUT2D eigenvalue weighted by Crippen LogP contribution is -2.33. The van der Waals surface area contributed by atoms with Gasteiger partial charge in [0.2, 0.25) is 5.91 Å². The number of aryl methyl sites for hydroxylation is 1. The summed E-state index contributed by atoms with van der Waals surface area (Å²) in [5, 5.41) is 15.8. The standard InChI is InChI=1S/C16H18N4O3S2/c1-9-3-4-10-11(8-17)14(25-12(10)7-9)18-13(21)5-6-24-15-16(22)23-19-20(15)2/h9H,3-7H2,1-2H3,(H-,18,19,21,22)/p+1. The Morgan fingerprint density at radius 2 is 2.40 bits per heavy atom. The van der Waals surface area contributed by atoms with Gasteiger partial charge in [-0.25, -0.2) is 4.79 Å². The summed E-state index contributed by atoms with van der Waals surface area (Å²) in [6, 6.07) is 2.25. The summed E-state index contributed by atoms with van der Waals surface area (Å²) in [5.41, 5.74) is 1.28. The maximum atomic E-state index is 12.2. The van der Waals surface area contributed by atoms with Crippen LogP contribution in [0.5, 0.6) is 0 Å². The third-order valence-corrected chi connectivity index (χ3v) is 6.49. The predicted octanol–water partition coefficient (Wildman–Crippen LogP) is 1.97. The highest BCUT2D eigenvalue weighted by molar-refractivity contribution is 7.99. The number of nitrogens with one attached hydrogen (secondary N) is 2. The number of fused-ring (bicyclic) bond motifs is 1. The molecular formula is C16H19N4O3S2+. The first-order chi connectivity index (χ1) is 12.0. The van der Waals surface area contributed by atoms with Crippen molar-refractivity contribution in [2.45, 2.75) is 37.6 Å². The lowest BCUT2D eigenvalue weighted by molar-refractivity contribution is -0.772. The molecule has 1 aliphatic carbocycles. The lowest BCUT2D eigenvalue weighted by atomic mass is 9.89. The summed E-state index contributed by atoms with van der Waals surface area (Å²) >= 11 is 2.78. The number of carbonyl (C=O) groups excluding carboxylic acids is 1. The Balaban J connectivity index is 1.62. The number of nitrogens with zero attached hydrogens (tertiary/aromatic N) is 2. The molecule has 0 spiro atoms. The number of nitriles is 1. The zero-order chi connectivity index (χ0) is 18.0. The largest absolute Gasteiger partial charge is 0.441 e. The molecule has 25 heavy (non-hydrogen) atoms. The van der Waals surface area contributed by atoms with E-state index < -0.39 is 5.63 Å². The number of carbonyl (C=O) groups is 1.